The van der Waals surface area contributed by atoms with Gasteiger partial charge in [0.1, 0.15) is 30.5 Å². The van der Waals surface area contributed by atoms with E-state index in [2.05, 4.69) is 26.6 Å². The lowest BCUT2D eigenvalue weighted by molar-refractivity contribution is -0.132. The molecule has 6 amide bonds. The van der Waals surface area contributed by atoms with E-state index in [1.807, 2.05) is 62.4 Å². The van der Waals surface area contributed by atoms with Gasteiger partial charge in [0.2, 0.25) is 29.5 Å². The number of hydrogen-bond donors (Lipinski definition) is 6. The molecule has 79 heavy (non-hydrogen) atoms. The standard InChI is InChI=1S/C57H73N6O13PS2/c1-36(2)30-45(50(58)66)62-52(68)47(31-37-16-10-9-11-17-37)61-49(65)34-59-48(64)33-60-51(67)46(63-55(71)73-35-44-42-20-14-12-18-40(42)41-19-13-15-21-43(41)44)32-38-22-24-39(25-23-38)76-77(72,74-26-28-78-53(69)56(3,4)5)75-27-29-79-54(70)57(6,7)8/h9-25,36,44-47H,26-35H2,1-8H3,(H2,58,66)(H,59,64)(H,60,67)(H,61,65)(H,62,68)(H,63,71)/t45-,46-,47-/m0/s1. The summed E-state index contributed by atoms with van der Waals surface area (Å²) >= 11 is 2.04. The highest BCUT2D eigenvalue weighted by Crippen LogP contribution is 2.50. The van der Waals surface area contributed by atoms with E-state index in [1.165, 1.54) is 12.1 Å². The lowest BCUT2D eigenvalue weighted by atomic mass is 9.98. The van der Waals surface area contributed by atoms with Gasteiger partial charge in [-0.3, -0.25) is 42.6 Å². The summed E-state index contributed by atoms with van der Waals surface area (Å²) in [6.07, 6.45) is -0.706. The molecule has 7 N–H and O–H groups in total. The fourth-order valence-electron chi connectivity index (χ4n) is 7.96. The van der Waals surface area contributed by atoms with E-state index in [0.29, 0.717) is 5.56 Å². The van der Waals surface area contributed by atoms with Crippen molar-refractivity contribution in [2.75, 3.05) is 44.4 Å². The molecule has 0 spiro atoms. The second kappa shape index (κ2) is 29.6. The second-order valence-electron chi connectivity index (χ2n) is 21.2. The van der Waals surface area contributed by atoms with Gasteiger partial charge in [-0.15, -0.1) is 0 Å². The minimum atomic E-state index is -4.33. The van der Waals surface area contributed by atoms with Gasteiger partial charge < -0.3 is 41.6 Å². The van der Waals surface area contributed by atoms with E-state index in [9.17, 15) is 42.9 Å². The van der Waals surface area contributed by atoms with Crippen LogP contribution in [-0.2, 0) is 64.8 Å². The van der Waals surface area contributed by atoms with Crippen molar-refractivity contribution in [3.8, 4) is 16.9 Å². The smallest absolute Gasteiger partial charge is 0.449 e. The van der Waals surface area contributed by atoms with Gasteiger partial charge in [-0.25, -0.2) is 9.36 Å². The summed E-state index contributed by atoms with van der Waals surface area (Å²) in [5, 5.41) is 12.7. The van der Waals surface area contributed by atoms with Gasteiger partial charge in [-0.2, -0.15) is 0 Å². The number of alkyl carbamates (subject to hydrolysis) is 1. The molecule has 0 bridgehead atoms. The quantitative estimate of drug-likeness (QED) is 0.0241. The number of carbonyl (C=O) groups excluding carboxylic acids is 8. The lowest BCUT2D eigenvalue weighted by Crippen LogP contribution is -2.55. The van der Waals surface area contributed by atoms with Crippen molar-refractivity contribution in [1.82, 2.24) is 26.6 Å². The Morgan fingerprint density at radius 3 is 1.61 bits per heavy atom. The van der Waals surface area contributed by atoms with Crippen LogP contribution >= 0.6 is 31.3 Å². The largest absolute Gasteiger partial charge is 0.530 e. The Labute approximate surface area is 470 Å². The predicted molar refractivity (Wildman–Crippen MR) is 305 cm³/mol. The van der Waals surface area contributed by atoms with Gasteiger partial charge in [-0.1, -0.05) is 170 Å². The summed E-state index contributed by atoms with van der Waals surface area (Å²) in [6.45, 7) is 12.9. The molecule has 0 saturated heterocycles. The number of benzene rings is 4. The highest BCUT2D eigenvalue weighted by Gasteiger charge is 2.33. The van der Waals surface area contributed by atoms with Crippen molar-refractivity contribution in [2.45, 2.75) is 98.7 Å². The molecule has 0 unspecified atom stereocenters. The first kappa shape index (κ1) is 63.3. The highest BCUT2D eigenvalue weighted by atomic mass is 32.2. The number of nitrogens with one attached hydrogen (secondary N) is 5. The number of carbonyl (C=O) groups is 8. The molecule has 19 nitrogen and oxygen atoms in total. The van der Waals surface area contributed by atoms with Gasteiger partial charge in [0, 0.05) is 41.1 Å². The molecule has 0 saturated carbocycles. The van der Waals surface area contributed by atoms with Gasteiger partial charge in [-0.05, 0) is 57.9 Å². The minimum absolute atomic E-state index is 0.0278. The van der Waals surface area contributed by atoms with Gasteiger partial charge >= 0.3 is 13.9 Å². The number of fused-ring (bicyclic) bond motifs is 3. The van der Waals surface area contributed by atoms with Crippen molar-refractivity contribution in [3.05, 3.63) is 125 Å². The first-order valence-electron chi connectivity index (χ1n) is 25.9. The third kappa shape index (κ3) is 20.6. The van der Waals surface area contributed by atoms with Crippen LogP contribution < -0.4 is 36.8 Å². The van der Waals surface area contributed by atoms with Crippen molar-refractivity contribution in [1.29, 1.82) is 0 Å². The maximum absolute atomic E-state index is 14.0. The molecular weight excluding hydrogens is 1070 g/mol. The summed E-state index contributed by atoms with van der Waals surface area (Å²) in [6, 6.07) is 27.1. The molecule has 0 heterocycles. The molecule has 5 rings (SSSR count). The Balaban J connectivity index is 1.26. The molecule has 0 fully saturated rings. The van der Waals surface area contributed by atoms with Gasteiger partial charge in [0.25, 0.3) is 0 Å². The molecule has 1 aliphatic carbocycles. The summed E-state index contributed by atoms with van der Waals surface area (Å²) in [5.41, 5.74) is 9.55. The minimum Gasteiger partial charge on any atom is -0.449 e. The summed E-state index contributed by atoms with van der Waals surface area (Å²) < 4.78 is 36.9. The van der Waals surface area contributed by atoms with E-state index in [1.54, 1.807) is 84.0 Å². The number of rotatable bonds is 28. The average Bonchev–Trinajstić information content (AvgIpc) is 4.02. The predicted octanol–water partition coefficient (Wildman–Crippen LogP) is 7.24. The van der Waals surface area contributed by atoms with E-state index < -0.39 is 85.5 Å². The van der Waals surface area contributed by atoms with Crippen molar-refractivity contribution in [2.24, 2.45) is 22.5 Å². The topological polar surface area (TPSA) is 277 Å². The number of primary amides is 1. The number of amides is 6. The van der Waals surface area contributed by atoms with Crippen LogP contribution in [0.2, 0.25) is 0 Å². The molecule has 22 heteroatoms. The SMILES string of the molecule is CC(C)C[C@H](NC(=O)[C@H](Cc1ccccc1)NC(=O)CNC(=O)CNC(=O)[C@H](Cc1ccc(OP(=O)(OCCSC(=O)C(C)(C)C)OCCSC(=O)C(C)(C)C)cc1)NC(=O)OCC1c2ccccc2-c2ccccc21)C(N)=O. The zero-order valence-corrected chi connectivity index (χ0v) is 48.4. The molecule has 3 atom stereocenters. The van der Waals surface area contributed by atoms with Crippen LogP contribution in [0.15, 0.2) is 103 Å². The van der Waals surface area contributed by atoms with E-state index in [-0.39, 0.29) is 78.4 Å². The molecule has 0 radical (unpaired) electrons. The maximum Gasteiger partial charge on any atom is 0.530 e. The highest BCUT2D eigenvalue weighted by molar-refractivity contribution is 8.14. The zero-order valence-electron chi connectivity index (χ0n) is 45.9. The number of ether oxygens (including phenoxy) is 1. The monoisotopic (exact) mass is 1140 g/mol. The molecule has 0 aliphatic heterocycles. The summed E-state index contributed by atoms with van der Waals surface area (Å²) in [7, 11) is -4.33. The second-order valence-corrected chi connectivity index (χ2v) is 25.0. The zero-order chi connectivity index (χ0) is 57.9. The van der Waals surface area contributed by atoms with Crippen LogP contribution in [0.5, 0.6) is 5.75 Å². The number of phosphoric ester groups is 1. The Kier molecular flexibility index (Phi) is 23.8. The Morgan fingerprint density at radius 2 is 1.09 bits per heavy atom. The Bertz CT molecular complexity index is 2740. The van der Waals surface area contributed by atoms with Crippen molar-refractivity contribution in [3.63, 3.8) is 0 Å². The molecular formula is C57H73N6O13PS2. The van der Waals surface area contributed by atoms with E-state index in [0.717, 1.165) is 51.3 Å². The lowest BCUT2D eigenvalue weighted by Gasteiger charge is -2.23. The molecule has 4 aromatic rings. The first-order valence-corrected chi connectivity index (χ1v) is 29.4. The van der Waals surface area contributed by atoms with Crippen LogP contribution in [0.1, 0.15) is 90.0 Å². The van der Waals surface area contributed by atoms with Crippen LogP contribution in [0.4, 0.5) is 4.79 Å². The molecule has 4 aromatic carbocycles. The number of nitrogens with two attached hydrogens (primary N) is 1. The van der Waals surface area contributed by atoms with Crippen LogP contribution in [-0.4, -0.2) is 108 Å². The Morgan fingerprint density at radius 1 is 0.595 bits per heavy atom. The molecule has 0 aromatic heterocycles. The fraction of sp³-hybridized carbons (Fsp3) is 0.439. The normalized spacial score (nSPS) is 13.4. The van der Waals surface area contributed by atoms with Gasteiger partial charge in [0.05, 0.1) is 26.3 Å². The molecule has 1 aliphatic rings. The Hall–Kier alpha value is -6.51. The third-order valence-corrected chi connectivity index (χ3v) is 16.0. The number of hydrogen-bond acceptors (Lipinski definition) is 15. The van der Waals surface area contributed by atoms with E-state index >= 15 is 0 Å². The van der Waals surface area contributed by atoms with Crippen LogP contribution in [0, 0.1) is 16.7 Å². The summed E-state index contributed by atoms with van der Waals surface area (Å²) in [4.78, 5) is 105. The first-order chi connectivity index (χ1) is 37.3. The van der Waals surface area contributed by atoms with Crippen LogP contribution in [0.25, 0.3) is 11.1 Å². The third-order valence-electron chi connectivity index (χ3n) is 12.1. The van der Waals surface area contributed by atoms with Crippen molar-refractivity contribution >= 4 is 77.2 Å². The molecule has 426 valence electrons. The van der Waals surface area contributed by atoms with E-state index in [4.69, 9.17) is 24.0 Å². The fourth-order valence-corrected chi connectivity index (χ4v) is 11.0. The number of phosphoric acid groups is 1. The van der Waals surface area contributed by atoms with Crippen molar-refractivity contribution < 1.29 is 61.2 Å². The maximum atomic E-state index is 14.0. The van der Waals surface area contributed by atoms with Crippen LogP contribution in [0.3, 0.4) is 0 Å². The average molecular weight is 1150 g/mol. The summed E-state index contributed by atoms with van der Waals surface area (Å²) in [5.74, 6) is -3.52. The van der Waals surface area contributed by atoms with Gasteiger partial charge in [0.15, 0.2) is 10.2 Å². The number of thioether (sulfide) groups is 2.